The standard InChI is InChI=1S/C21H23ClF4N4O/c1-14(20(31)28(2)13-15-4-3-5-17(23)10-15)29-6-8-30(9-7-29)19-18(22)11-16(12-27-19)21(24,25)26/h3-5,10-12,14H,6-9,13H2,1-2H3. The van der Waals surface area contributed by atoms with Gasteiger partial charge in [0.1, 0.15) is 11.6 Å². The molecule has 3 rings (SSSR count). The summed E-state index contributed by atoms with van der Waals surface area (Å²) in [6.45, 7) is 4.11. The van der Waals surface area contributed by atoms with Crippen molar-refractivity contribution in [2.24, 2.45) is 0 Å². The topological polar surface area (TPSA) is 39.7 Å². The van der Waals surface area contributed by atoms with Gasteiger partial charge in [-0.3, -0.25) is 9.69 Å². The first-order chi connectivity index (χ1) is 14.6. The van der Waals surface area contributed by atoms with E-state index in [1.54, 1.807) is 24.1 Å². The summed E-state index contributed by atoms with van der Waals surface area (Å²) < 4.78 is 51.8. The molecule has 1 unspecified atom stereocenters. The predicted molar refractivity (Wildman–Crippen MR) is 110 cm³/mol. The third-order valence-electron chi connectivity index (χ3n) is 5.35. The van der Waals surface area contributed by atoms with Crippen LogP contribution in [-0.2, 0) is 17.5 Å². The minimum Gasteiger partial charge on any atom is -0.353 e. The molecule has 0 radical (unpaired) electrons. The maximum atomic E-state index is 13.4. The normalized spacial score (nSPS) is 16.3. The van der Waals surface area contributed by atoms with Gasteiger partial charge < -0.3 is 9.80 Å². The molecule has 10 heteroatoms. The van der Waals surface area contributed by atoms with E-state index in [0.29, 0.717) is 44.1 Å². The highest BCUT2D eigenvalue weighted by atomic mass is 35.5. The largest absolute Gasteiger partial charge is 0.417 e. The number of benzene rings is 1. The number of hydrogen-bond donors (Lipinski definition) is 0. The number of hydrogen-bond acceptors (Lipinski definition) is 4. The average Bonchev–Trinajstić information content (AvgIpc) is 2.72. The van der Waals surface area contributed by atoms with Crippen LogP contribution in [0.3, 0.4) is 0 Å². The fourth-order valence-corrected chi connectivity index (χ4v) is 3.89. The van der Waals surface area contributed by atoms with Crippen molar-refractivity contribution < 1.29 is 22.4 Å². The maximum absolute atomic E-state index is 13.4. The van der Waals surface area contributed by atoms with E-state index >= 15 is 0 Å². The molecule has 1 aliphatic heterocycles. The highest BCUT2D eigenvalue weighted by Gasteiger charge is 2.33. The number of amides is 1. The van der Waals surface area contributed by atoms with E-state index in [-0.39, 0.29) is 16.7 Å². The predicted octanol–water partition coefficient (Wildman–Crippen LogP) is 4.06. The molecule has 0 spiro atoms. The van der Waals surface area contributed by atoms with Gasteiger partial charge in [-0.1, -0.05) is 23.7 Å². The van der Waals surface area contributed by atoms with Crippen LogP contribution < -0.4 is 4.90 Å². The van der Waals surface area contributed by atoms with E-state index in [0.717, 1.165) is 12.3 Å². The number of rotatable bonds is 5. The summed E-state index contributed by atoms with van der Waals surface area (Å²) in [6, 6.07) is 6.60. The molecule has 0 N–H and O–H groups in total. The van der Waals surface area contributed by atoms with Crippen molar-refractivity contribution in [1.82, 2.24) is 14.8 Å². The number of aromatic nitrogens is 1. The number of likely N-dealkylation sites (N-methyl/N-ethyl adjacent to an activating group) is 1. The second kappa shape index (κ2) is 9.40. The Morgan fingerprint density at radius 3 is 2.48 bits per heavy atom. The highest BCUT2D eigenvalue weighted by Crippen LogP contribution is 2.33. The van der Waals surface area contributed by atoms with Crippen LogP contribution in [0, 0.1) is 5.82 Å². The number of nitrogens with zero attached hydrogens (tertiary/aromatic N) is 4. The molecular formula is C21H23ClF4N4O. The zero-order valence-corrected chi connectivity index (χ0v) is 17.9. The Labute approximate surface area is 183 Å². The zero-order chi connectivity index (χ0) is 22.8. The van der Waals surface area contributed by atoms with Crippen molar-refractivity contribution in [2.45, 2.75) is 25.7 Å². The summed E-state index contributed by atoms with van der Waals surface area (Å²) in [5.74, 6) is -0.141. The molecule has 0 saturated carbocycles. The van der Waals surface area contributed by atoms with Crippen LogP contribution in [0.4, 0.5) is 23.4 Å². The van der Waals surface area contributed by atoms with Crippen molar-refractivity contribution >= 4 is 23.3 Å². The minimum atomic E-state index is -4.50. The summed E-state index contributed by atoms with van der Waals surface area (Å²) in [7, 11) is 1.67. The van der Waals surface area contributed by atoms with E-state index < -0.39 is 17.8 Å². The van der Waals surface area contributed by atoms with Crippen molar-refractivity contribution in [1.29, 1.82) is 0 Å². The van der Waals surface area contributed by atoms with E-state index in [9.17, 15) is 22.4 Å². The Bertz CT molecular complexity index is 932. The van der Waals surface area contributed by atoms with Crippen molar-refractivity contribution in [3.05, 3.63) is 58.5 Å². The van der Waals surface area contributed by atoms with Crippen LogP contribution in [0.15, 0.2) is 36.5 Å². The molecule has 1 aromatic heterocycles. The smallest absolute Gasteiger partial charge is 0.353 e. The molecule has 1 fully saturated rings. The van der Waals surface area contributed by atoms with Gasteiger partial charge in [0.25, 0.3) is 0 Å². The second-order valence-corrected chi connectivity index (χ2v) is 7.96. The summed E-state index contributed by atoms with van der Waals surface area (Å²) in [4.78, 5) is 22.1. The highest BCUT2D eigenvalue weighted by molar-refractivity contribution is 6.33. The number of piperazine rings is 1. The number of pyridine rings is 1. The Hall–Kier alpha value is -2.39. The lowest BCUT2D eigenvalue weighted by molar-refractivity contribution is -0.138. The lowest BCUT2D eigenvalue weighted by Gasteiger charge is -2.39. The number of alkyl halides is 3. The number of halogens is 5. The van der Waals surface area contributed by atoms with E-state index in [1.807, 2.05) is 16.7 Å². The van der Waals surface area contributed by atoms with Gasteiger partial charge in [0, 0.05) is 46.0 Å². The first kappa shape index (κ1) is 23.3. The molecule has 1 aromatic carbocycles. The van der Waals surface area contributed by atoms with Crippen molar-refractivity contribution in [3.63, 3.8) is 0 Å². The molecule has 1 atom stereocenters. The molecule has 1 amide bonds. The molecule has 1 aliphatic rings. The third-order valence-corrected chi connectivity index (χ3v) is 5.63. The van der Waals surface area contributed by atoms with Gasteiger partial charge in [0.2, 0.25) is 5.91 Å². The first-order valence-electron chi connectivity index (χ1n) is 9.77. The van der Waals surface area contributed by atoms with Crippen LogP contribution in [0.5, 0.6) is 0 Å². The molecule has 1 saturated heterocycles. The SMILES string of the molecule is CC(C(=O)N(C)Cc1cccc(F)c1)N1CCN(c2ncc(C(F)(F)F)cc2Cl)CC1. The van der Waals surface area contributed by atoms with Crippen LogP contribution >= 0.6 is 11.6 Å². The molecule has 31 heavy (non-hydrogen) atoms. The monoisotopic (exact) mass is 458 g/mol. The lowest BCUT2D eigenvalue weighted by atomic mass is 10.1. The minimum absolute atomic E-state index is 0.0535. The Morgan fingerprint density at radius 1 is 1.23 bits per heavy atom. The summed E-state index contributed by atoms with van der Waals surface area (Å²) in [5.41, 5.74) is -0.184. The Balaban J connectivity index is 1.58. The van der Waals surface area contributed by atoms with Crippen LogP contribution in [-0.4, -0.2) is 60.0 Å². The third kappa shape index (κ3) is 5.65. The molecule has 0 bridgehead atoms. The number of carbonyl (C=O) groups is 1. The number of anilines is 1. The lowest BCUT2D eigenvalue weighted by Crippen LogP contribution is -2.54. The zero-order valence-electron chi connectivity index (χ0n) is 17.2. The Kier molecular flexibility index (Phi) is 7.06. The summed E-state index contributed by atoms with van der Waals surface area (Å²) in [5, 5.41) is -0.0535. The van der Waals surface area contributed by atoms with Crippen LogP contribution in [0.2, 0.25) is 5.02 Å². The van der Waals surface area contributed by atoms with Gasteiger partial charge in [-0.05, 0) is 30.7 Å². The first-order valence-corrected chi connectivity index (χ1v) is 10.1. The molecule has 0 aliphatic carbocycles. The molecular weight excluding hydrogens is 436 g/mol. The summed E-state index contributed by atoms with van der Waals surface area (Å²) >= 11 is 6.04. The average molecular weight is 459 g/mol. The molecule has 168 valence electrons. The van der Waals surface area contributed by atoms with Gasteiger partial charge in [-0.2, -0.15) is 13.2 Å². The number of carbonyl (C=O) groups excluding carboxylic acids is 1. The molecule has 5 nitrogen and oxygen atoms in total. The van der Waals surface area contributed by atoms with Gasteiger partial charge >= 0.3 is 6.18 Å². The summed E-state index contributed by atoms with van der Waals surface area (Å²) in [6.07, 6.45) is -3.72. The second-order valence-electron chi connectivity index (χ2n) is 7.55. The quantitative estimate of drug-likeness (QED) is 0.633. The fourth-order valence-electron chi connectivity index (χ4n) is 3.60. The fraction of sp³-hybridized carbons (Fsp3) is 0.429. The van der Waals surface area contributed by atoms with Crippen molar-refractivity contribution in [2.75, 3.05) is 38.1 Å². The molecule has 2 heterocycles. The van der Waals surface area contributed by atoms with Gasteiger partial charge in [-0.15, -0.1) is 0 Å². The molecule has 2 aromatic rings. The van der Waals surface area contributed by atoms with E-state index in [1.165, 1.54) is 12.1 Å². The van der Waals surface area contributed by atoms with Gasteiger partial charge in [0.15, 0.2) is 0 Å². The van der Waals surface area contributed by atoms with Crippen LogP contribution in [0.1, 0.15) is 18.1 Å². The Morgan fingerprint density at radius 2 is 1.90 bits per heavy atom. The van der Waals surface area contributed by atoms with Crippen LogP contribution in [0.25, 0.3) is 0 Å². The maximum Gasteiger partial charge on any atom is 0.417 e. The van der Waals surface area contributed by atoms with E-state index in [2.05, 4.69) is 4.98 Å². The van der Waals surface area contributed by atoms with Gasteiger partial charge in [-0.25, -0.2) is 9.37 Å². The van der Waals surface area contributed by atoms with Crippen molar-refractivity contribution in [3.8, 4) is 0 Å². The van der Waals surface area contributed by atoms with Gasteiger partial charge in [0.05, 0.1) is 16.6 Å². The van der Waals surface area contributed by atoms with E-state index in [4.69, 9.17) is 11.6 Å².